The summed E-state index contributed by atoms with van der Waals surface area (Å²) in [6.07, 6.45) is 5.27. The average Bonchev–Trinajstić information content (AvgIpc) is 3.31. The number of carbonyl (C=O) groups excluding carboxylic acids is 1. The Morgan fingerprint density at radius 1 is 1.10 bits per heavy atom. The number of rotatable bonds is 5. The molecule has 2 aromatic carbocycles. The van der Waals surface area contributed by atoms with E-state index in [9.17, 15) is 13.2 Å². The van der Waals surface area contributed by atoms with Gasteiger partial charge in [0.05, 0.1) is 11.2 Å². The number of halogens is 1. The van der Waals surface area contributed by atoms with Crippen LogP contribution in [0.2, 0.25) is 0 Å². The van der Waals surface area contributed by atoms with Crippen LogP contribution in [0.15, 0.2) is 72.1 Å². The van der Waals surface area contributed by atoms with Crippen LogP contribution in [-0.2, 0) is 14.8 Å². The molecule has 0 aliphatic carbocycles. The van der Waals surface area contributed by atoms with Crippen LogP contribution >= 0.6 is 12.4 Å². The maximum atomic E-state index is 12.6. The topological polar surface area (TPSA) is 105 Å². The van der Waals surface area contributed by atoms with Crippen LogP contribution in [0.5, 0.6) is 0 Å². The summed E-state index contributed by atoms with van der Waals surface area (Å²) in [5.41, 5.74) is 3.90. The first-order chi connectivity index (χ1) is 14.3. The number of hydroxylamine groups is 1. The number of sulfonamides is 1. The molecule has 31 heavy (non-hydrogen) atoms. The van der Waals surface area contributed by atoms with Gasteiger partial charge in [0.2, 0.25) is 10.0 Å². The molecule has 0 bridgehead atoms. The fourth-order valence-corrected chi connectivity index (χ4v) is 3.94. The van der Waals surface area contributed by atoms with Crippen LogP contribution in [0.4, 0.5) is 0 Å². The van der Waals surface area contributed by atoms with Crippen LogP contribution in [0.3, 0.4) is 0 Å². The third kappa shape index (κ3) is 5.51. The summed E-state index contributed by atoms with van der Waals surface area (Å²) in [5.74, 6) is 5.22. The molecule has 1 aromatic heterocycles. The number of likely N-dealkylation sites (N-methyl/N-ethyl adjacent to an activating group) is 1. The van der Waals surface area contributed by atoms with E-state index in [-0.39, 0.29) is 17.3 Å². The van der Waals surface area contributed by atoms with Crippen molar-refractivity contribution >= 4 is 28.3 Å². The number of imidazole rings is 1. The summed E-state index contributed by atoms with van der Waals surface area (Å²) in [7, 11) is -2.62. The molecule has 2 N–H and O–H groups in total. The Morgan fingerprint density at radius 3 is 2.13 bits per heavy atom. The highest BCUT2D eigenvalue weighted by molar-refractivity contribution is 7.89. The first-order valence-corrected chi connectivity index (χ1v) is 10.4. The third-order valence-corrected chi connectivity index (χ3v) is 6.53. The lowest BCUT2D eigenvalue weighted by Gasteiger charge is -2.22. The monoisotopic (exact) mass is 460 g/mol. The third-order valence-electron chi connectivity index (χ3n) is 4.59. The lowest BCUT2D eigenvalue weighted by Crippen LogP contribution is -2.44. The molecule has 0 aliphatic heterocycles. The van der Waals surface area contributed by atoms with Crippen molar-refractivity contribution in [2.45, 2.75) is 17.9 Å². The van der Waals surface area contributed by atoms with Crippen LogP contribution in [0.25, 0.3) is 5.69 Å². The number of nitrogens with one attached hydrogen (secondary N) is 1. The molecule has 1 heterocycles. The summed E-state index contributed by atoms with van der Waals surface area (Å²) in [5, 5.41) is 8.70. The van der Waals surface area contributed by atoms with Gasteiger partial charge in [0, 0.05) is 36.3 Å². The van der Waals surface area contributed by atoms with Crippen molar-refractivity contribution in [3.05, 3.63) is 78.4 Å². The average molecular weight is 461 g/mol. The van der Waals surface area contributed by atoms with Crippen molar-refractivity contribution in [1.29, 1.82) is 0 Å². The van der Waals surface area contributed by atoms with Gasteiger partial charge in [-0.15, -0.1) is 12.4 Å². The van der Waals surface area contributed by atoms with Gasteiger partial charge in [-0.2, -0.15) is 4.31 Å². The summed E-state index contributed by atoms with van der Waals surface area (Å²) in [4.78, 5) is 15.5. The maximum Gasteiger partial charge on any atom is 0.261 e. The lowest BCUT2D eigenvalue weighted by atomic mass is 10.1. The minimum Gasteiger partial charge on any atom is -0.306 e. The van der Waals surface area contributed by atoms with Gasteiger partial charge in [-0.1, -0.05) is 11.8 Å². The summed E-state index contributed by atoms with van der Waals surface area (Å²) >= 11 is 0. The smallest absolute Gasteiger partial charge is 0.261 e. The molecule has 10 heteroatoms. The van der Waals surface area contributed by atoms with Crippen molar-refractivity contribution in [3.8, 4) is 17.5 Å². The predicted molar refractivity (Wildman–Crippen MR) is 118 cm³/mol. The second-order valence-electron chi connectivity index (χ2n) is 6.46. The summed E-state index contributed by atoms with van der Waals surface area (Å²) in [6, 6.07) is 12.7. The van der Waals surface area contributed by atoms with E-state index in [0.717, 1.165) is 15.6 Å². The van der Waals surface area contributed by atoms with Gasteiger partial charge in [0.25, 0.3) is 5.91 Å². The Hall–Kier alpha value is -3.16. The molecule has 0 spiro atoms. The molecule has 1 amide bonds. The molecule has 0 unspecified atom stereocenters. The molecule has 0 radical (unpaired) electrons. The van der Waals surface area contributed by atoms with Gasteiger partial charge in [0.15, 0.2) is 0 Å². The van der Waals surface area contributed by atoms with Crippen molar-refractivity contribution in [2.24, 2.45) is 0 Å². The van der Waals surface area contributed by atoms with Gasteiger partial charge in [-0.25, -0.2) is 18.9 Å². The highest BCUT2D eigenvalue weighted by Gasteiger charge is 2.29. The normalized spacial score (nSPS) is 11.7. The van der Waals surface area contributed by atoms with E-state index in [1.807, 2.05) is 35.0 Å². The zero-order valence-electron chi connectivity index (χ0n) is 16.8. The lowest BCUT2D eigenvalue weighted by molar-refractivity contribution is -0.132. The molecule has 3 aromatic rings. The number of hydrogen-bond donors (Lipinski definition) is 2. The highest BCUT2D eigenvalue weighted by atomic mass is 35.5. The van der Waals surface area contributed by atoms with Crippen molar-refractivity contribution in [2.75, 3.05) is 7.05 Å². The van der Waals surface area contributed by atoms with Gasteiger partial charge in [-0.3, -0.25) is 10.0 Å². The predicted octanol–water partition coefficient (Wildman–Crippen LogP) is 2.21. The summed E-state index contributed by atoms with van der Waals surface area (Å²) in [6.45, 7) is 1.38. The first kappa shape index (κ1) is 24.1. The zero-order chi connectivity index (χ0) is 21.7. The largest absolute Gasteiger partial charge is 0.306 e. The minimum atomic E-state index is -3.90. The number of aromatic nitrogens is 2. The van der Waals surface area contributed by atoms with Crippen LogP contribution in [0.1, 0.15) is 18.1 Å². The van der Waals surface area contributed by atoms with E-state index >= 15 is 0 Å². The Bertz CT molecular complexity index is 1180. The second kappa shape index (κ2) is 10.2. The van der Waals surface area contributed by atoms with E-state index in [2.05, 4.69) is 16.8 Å². The number of benzene rings is 2. The fraction of sp³-hybridized carbons (Fsp3) is 0.143. The molecule has 0 fully saturated rings. The molecule has 162 valence electrons. The quantitative estimate of drug-likeness (QED) is 0.345. The van der Waals surface area contributed by atoms with Crippen molar-refractivity contribution in [1.82, 2.24) is 19.3 Å². The zero-order valence-corrected chi connectivity index (χ0v) is 18.4. The van der Waals surface area contributed by atoms with E-state index in [1.54, 1.807) is 24.7 Å². The van der Waals surface area contributed by atoms with Crippen LogP contribution in [0, 0.1) is 11.8 Å². The fourth-order valence-electron chi connectivity index (χ4n) is 2.62. The number of nitrogens with zero attached hydrogens (tertiary/aromatic N) is 3. The van der Waals surface area contributed by atoms with E-state index in [4.69, 9.17) is 5.21 Å². The molecule has 1 atom stereocenters. The van der Waals surface area contributed by atoms with Gasteiger partial charge in [-0.05, 0) is 55.5 Å². The van der Waals surface area contributed by atoms with E-state index in [0.29, 0.717) is 5.56 Å². The first-order valence-electron chi connectivity index (χ1n) is 8.95. The molecule has 0 saturated carbocycles. The number of carbonyl (C=O) groups is 1. The van der Waals surface area contributed by atoms with E-state index < -0.39 is 22.0 Å². The van der Waals surface area contributed by atoms with Crippen LogP contribution < -0.4 is 5.48 Å². The van der Waals surface area contributed by atoms with Crippen molar-refractivity contribution < 1.29 is 18.4 Å². The Balaban J connectivity index is 0.00000341. The molecule has 8 nitrogen and oxygen atoms in total. The molecular formula is C21H21ClN4O4S. The van der Waals surface area contributed by atoms with Gasteiger partial charge < -0.3 is 4.57 Å². The summed E-state index contributed by atoms with van der Waals surface area (Å²) < 4.78 is 28.0. The SMILES string of the molecule is C[C@H](C(=O)NO)N(C)S(=O)(=O)c1ccc(C#Cc2ccc(-n3ccnc3)cc2)cc1.Cl. The maximum absolute atomic E-state index is 12.6. The van der Waals surface area contributed by atoms with Gasteiger partial charge >= 0.3 is 0 Å². The van der Waals surface area contributed by atoms with Crippen LogP contribution in [-0.4, -0.2) is 46.5 Å². The Morgan fingerprint density at radius 2 is 1.65 bits per heavy atom. The highest BCUT2D eigenvalue weighted by Crippen LogP contribution is 2.17. The standard InChI is InChI=1S/C21H20N4O4S.ClH/c1-16(21(26)23-27)24(2)30(28,29)20-11-7-18(8-12-20)4-3-17-5-9-19(10-6-17)25-14-13-22-15-25;/h5-16,27H,1-2H3,(H,23,26);1H/t16-;/m1./s1. The molecule has 0 aliphatic rings. The Kier molecular flexibility index (Phi) is 7.96. The number of amides is 1. The Labute approximate surface area is 187 Å². The molecule has 3 rings (SSSR count). The van der Waals surface area contributed by atoms with Gasteiger partial charge in [0.1, 0.15) is 6.04 Å². The second-order valence-corrected chi connectivity index (χ2v) is 8.46. The molecular weight excluding hydrogens is 440 g/mol. The minimum absolute atomic E-state index is 0. The van der Waals surface area contributed by atoms with Crippen molar-refractivity contribution in [3.63, 3.8) is 0 Å². The number of hydrogen-bond acceptors (Lipinski definition) is 5. The molecule has 0 saturated heterocycles. The van der Waals surface area contributed by atoms with E-state index in [1.165, 1.54) is 31.6 Å².